The molecule has 0 aromatic carbocycles. The van der Waals surface area contributed by atoms with Gasteiger partial charge in [-0.15, -0.1) is 0 Å². The summed E-state index contributed by atoms with van der Waals surface area (Å²) in [5, 5.41) is 0. The fourth-order valence-corrected chi connectivity index (χ4v) is 3.45. The summed E-state index contributed by atoms with van der Waals surface area (Å²) in [7, 11) is 0. The van der Waals surface area contributed by atoms with Gasteiger partial charge in [0, 0.05) is 12.5 Å². The van der Waals surface area contributed by atoms with Crippen LogP contribution in [-0.2, 0) is 4.79 Å². The van der Waals surface area contributed by atoms with Gasteiger partial charge in [0.1, 0.15) is 0 Å². The van der Waals surface area contributed by atoms with Crippen molar-refractivity contribution in [3.05, 3.63) is 0 Å². The van der Waals surface area contributed by atoms with Crippen LogP contribution in [0.2, 0.25) is 0 Å². The van der Waals surface area contributed by atoms with E-state index in [1.165, 1.54) is 0 Å². The van der Waals surface area contributed by atoms with Gasteiger partial charge in [-0.1, -0.05) is 0 Å². The predicted octanol–water partition coefficient (Wildman–Crippen LogP) is 1.25. The number of nitrogens with two attached hydrogens (primary N) is 2. The predicted molar refractivity (Wildman–Crippen MR) is 73.4 cm³/mol. The summed E-state index contributed by atoms with van der Waals surface area (Å²) in [4.78, 5) is 25.6. The maximum Gasteiger partial charge on any atom is 0.315 e. The molecule has 2 rings (SSSR count). The minimum absolute atomic E-state index is 0.104. The normalized spacial score (nSPS) is 32.1. The first-order chi connectivity index (χ1) is 9.13. The molecule has 0 aromatic rings. The molecule has 1 saturated heterocycles. The number of Topliss-reactive ketones (excluding diaryl/α,β-unsaturated/α-hetero) is 1. The van der Waals surface area contributed by atoms with E-state index in [1.54, 1.807) is 4.90 Å². The van der Waals surface area contributed by atoms with Gasteiger partial charge in [-0.2, -0.15) is 0 Å². The first kappa shape index (κ1) is 14.3. The Morgan fingerprint density at radius 1 is 1.05 bits per heavy atom. The lowest BCUT2D eigenvalue weighted by atomic mass is 9.77. The zero-order chi connectivity index (χ0) is 13.8. The molecule has 0 aromatic heterocycles. The number of carbonyl (C=O) groups is 2. The van der Waals surface area contributed by atoms with Gasteiger partial charge in [0.05, 0.1) is 6.04 Å². The second kappa shape index (κ2) is 6.37. The van der Waals surface area contributed by atoms with Crippen molar-refractivity contribution < 1.29 is 9.59 Å². The quantitative estimate of drug-likeness (QED) is 0.806. The van der Waals surface area contributed by atoms with Gasteiger partial charge in [0.25, 0.3) is 0 Å². The van der Waals surface area contributed by atoms with E-state index in [9.17, 15) is 9.59 Å². The molecule has 0 spiro atoms. The largest absolute Gasteiger partial charge is 0.351 e. The molecule has 1 saturated carbocycles. The smallest absolute Gasteiger partial charge is 0.315 e. The Kier molecular flexibility index (Phi) is 4.80. The average molecular weight is 267 g/mol. The van der Waals surface area contributed by atoms with Crippen LogP contribution < -0.4 is 11.5 Å². The van der Waals surface area contributed by atoms with Gasteiger partial charge in [-0.05, 0) is 57.4 Å². The Bertz CT molecular complexity index is 338. The van der Waals surface area contributed by atoms with Crippen molar-refractivity contribution in [1.82, 2.24) is 4.90 Å². The third-order valence-electron chi connectivity index (χ3n) is 4.70. The van der Waals surface area contributed by atoms with Crippen LogP contribution in [0.25, 0.3) is 0 Å². The molecule has 1 aliphatic heterocycles. The van der Waals surface area contributed by atoms with Gasteiger partial charge in [0.2, 0.25) is 0 Å². The molecule has 1 atom stereocenters. The first-order valence-corrected chi connectivity index (χ1v) is 7.43. The van der Waals surface area contributed by atoms with E-state index in [4.69, 9.17) is 11.5 Å². The Hall–Kier alpha value is -1.10. The van der Waals surface area contributed by atoms with Gasteiger partial charge < -0.3 is 16.4 Å². The standard InChI is InChI=1S/C14H25N3O2/c15-9-10-4-6-11(7-5-10)13(18)12-3-1-2-8-17(12)14(16)19/h10-12H,1-9,15H2,(H2,16,19). The highest BCUT2D eigenvalue weighted by molar-refractivity contribution is 5.90. The zero-order valence-electron chi connectivity index (χ0n) is 11.5. The van der Waals surface area contributed by atoms with Crippen molar-refractivity contribution in [2.45, 2.75) is 51.0 Å². The lowest BCUT2D eigenvalue weighted by Crippen LogP contribution is -2.52. The Labute approximate surface area is 114 Å². The molecule has 108 valence electrons. The molecule has 5 heteroatoms. The molecular weight excluding hydrogens is 242 g/mol. The Morgan fingerprint density at radius 2 is 1.74 bits per heavy atom. The monoisotopic (exact) mass is 267 g/mol. The van der Waals surface area contributed by atoms with Gasteiger partial charge in [-0.25, -0.2) is 4.79 Å². The molecule has 1 aliphatic carbocycles. The number of nitrogens with zero attached hydrogens (tertiary/aromatic N) is 1. The number of rotatable bonds is 3. The number of urea groups is 1. The fraction of sp³-hybridized carbons (Fsp3) is 0.857. The highest BCUT2D eigenvalue weighted by Crippen LogP contribution is 2.31. The van der Waals surface area contributed by atoms with Crippen LogP contribution in [0.5, 0.6) is 0 Å². The minimum Gasteiger partial charge on any atom is -0.351 e. The minimum atomic E-state index is -0.450. The van der Waals surface area contributed by atoms with Crippen LogP contribution >= 0.6 is 0 Å². The van der Waals surface area contributed by atoms with Crippen LogP contribution in [0, 0.1) is 11.8 Å². The summed E-state index contributed by atoms with van der Waals surface area (Å²) >= 11 is 0. The van der Waals surface area contributed by atoms with Crippen LogP contribution in [0.3, 0.4) is 0 Å². The summed E-state index contributed by atoms with van der Waals surface area (Å²) < 4.78 is 0. The van der Waals surface area contributed by atoms with E-state index in [0.717, 1.165) is 51.5 Å². The maximum atomic E-state index is 12.6. The van der Waals surface area contributed by atoms with Crippen molar-refractivity contribution in [3.63, 3.8) is 0 Å². The van der Waals surface area contributed by atoms with Gasteiger partial charge in [0.15, 0.2) is 5.78 Å². The lowest BCUT2D eigenvalue weighted by Gasteiger charge is -2.37. The molecule has 19 heavy (non-hydrogen) atoms. The maximum absolute atomic E-state index is 12.6. The van der Waals surface area contributed by atoms with Crippen molar-refractivity contribution in [2.75, 3.05) is 13.1 Å². The second-order valence-corrected chi connectivity index (χ2v) is 5.90. The van der Waals surface area contributed by atoms with Crippen molar-refractivity contribution in [3.8, 4) is 0 Å². The SMILES string of the molecule is NCC1CCC(C(=O)C2CCCCN2C(N)=O)CC1. The molecule has 2 amide bonds. The van der Waals surface area contributed by atoms with Crippen LogP contribution in [-0.4, -0.2) is 35.8 Å². The Balaban J connectivity index is 1.96. The molecule has 2 fully saturated rings. The van der Waals surface area contributed by atoms with E-state index < -0.39 is 6.03 Å². The number of ketones is 1. The van der Waals surface area contributed by atoms with Crippen LogP contribution in [0.4, 0.5) is 4.79 Å². The number of primary amides is 1. The number of piperidine rings is 1. The first-order valence-electron chi connectivity index (χ1n) is 7.43. The third kappa shape index (κ3) is 3.26. The number of hydrogen-bond acceptors (Lipinski definition) is 3. The average Bonchev–Trinajstić information content (AvgIpc) is 2.46. The van der Waals surface area contributed by atoms with Crippen molar-refractivity contribution >= 4 is 11.8 Å². The molecule has 1 heterocycles. The summed E-state index contributed by atoms with van der Waals surface area (Å²) in [5.74, 6) is 0.907. The summed E-state index contributed by atoms with van der Waals surface area (Å²) in [5.41, 5.74) is 11.1. The van der Waals surface area contributed by atoms with Crippen LogP contribution in [0.15, 0.2) is 0 Å². The zero-order valence-corrected chi connectivity index (χ0v) is 11.5. The highest BCUT2D eigenvalue weighted by atomic mass is 16.2. The highest BCUT2D eigenvalue weighted by Gasteiger charge is 2.36. The van der Waals surface area contributed by atoms with E-state index >= 15 is 0 Å². The summed E-state index contributed by atoms with van der Waals surface area (Å²) in [6.07, 6.45) is 6.66. The van der Waals surface area contributed by atoms with E-state index in [0.29, 0.717) is 12.5 Å². The molecular formula is C14H25N3O2. The molecule has 4 N–H and O–H groups in total. The second-order valence-electron chi connectivity index (χ2n) is 5.90. The summed E-state index contributed by atoms with van der Waals surface area (Å²) in [6.45, 7) is 1.35. The number of carbonyl (C=O) groups excluding carboxylic acids is 2. The number of likely N-dealkylation sites (tertiary alicyclic amines) is 1. The Morgan fingerprint density at radius 3 is 2.32 bits per heavy atom. The molecule has 0 bridgehead atoms. The van der Waals surface area contributed by atoms with Gasteiger partial charge >= 0.3 is 6.03 Å². The fourth-order valence-electron chi connectivity index (χ4n) is 3.45. The molecule has 0 radical (unpaired) electrons. The molecule has 1 unspecified atom stereocenters. The third-order valence-corrected chi connectivity index (χ3v) is 4.70. The van der Waals surface area contributed by atoms with E-state index in [1.807, 2.05) is 0 Å². The van der Waals surface area contributed by atoms with Gasteiger partial charge in [-0.3, -0.25) is 4.79 Å². The van der Waals surface area contributed by atoms with Crippen molar-refractivity contribution in [2.24, 2.45) is 23.3 Å². The topological polar surface area (TPSA) is 89.4 Å². The lowest BCUT2D eigenvalue weighted by molar-refractivity contribution is -0.129. The molecule has 2 aliphatic rings. The number of amides is 2. The molecule has 5 nitrogen and oxygen atoms in total. The van der Waals surface area contributed by atoms with Crippen molar-refractivity contribution in [1.29, 1.82) is 0 Å². The van der Waals surface area contributed by atoms with E-state index in [2.05, 4.69) is 0 Å². The van der Waals surface area contributed by atoms with E-state index in [-0.39, 0.29) is 17.7 Å². The summed E-state index contributed by atoms with van der Waals surface area (Å²) in [6, 6.07) is -0.723. The van der Waals surface area contributed by atoms with Crippen LogP contribution in [0.1, 0.15) is 44.9 Å². The number of hydrogen-bond donors (Lipinski definition) is 2.